The van der Waals surface area contributed by atoms with E-state index < -0.39 is 0 Å². The van der Waals surface area contributed by atoms with Gasteiger partial charge in [-0.1, -0.05) is 24.2 Å². The van der Waals surface area contributed by atoms with Crippen molar-refractivity contribution < 1.29 is 9.84 Å². The van der Waals surface area contributed by atoms with Gasteiger partial charge < -0.3 is 9.84 Å². The molecule has 15 heavy (non-hydrogen) atoms. The van der Waals surface area contributed by atoms with Crippen molar-refractivity contribution in [3.05, 3.63) is 40.9 Å². The Morgan fingerprint density at radius 2 is 2.40 bits per heavy atom. The van der Waals surface area contributed by atoms with Crippen molar-refractivity contribution in [2.75, 3.05) is 6.61 Å². The first kappa shape index (κ1) is 10.5. The van der Waals surface area contributed by atoms with Crippen molar-refractivity contribution in [2.45, 2.75) is 18.9 Å². The van der Waals surface area contributed by atoms with Crippen molar-refractivity contribution in [3.8, 4) is 5.75 Å². The lowest BCUT2D eigenvalue weighted by molar-refractivity contribution is 0.180. The first-order valence-corrected chi connectivity index (χ1v) is 5.31. The van der Waals surface area contributed by atoms with Gasteiger partial charge in [-0.15, -0.1) is 0 Å². The van der Waals surface area contributed by atoms with Gasteiger partial charge in [0.25, 0.3) is 0 Å². The molecule has 1 aliphatic carbocycles. The third kappa shape index (κ3) is 2.33. The molecule has 0 saturated heterocycles. The van der Waals surface area contributed by atoms with Gasteiger partial charge in [-0.2, -0.15) is 0 Å². The highest BCUT2D eigenvalue weighted by Gasteiger charge is 2.20. The number of rotatable bonds is 3. The predicted octanol–water partition coefficient (Wildman–Crippen LogP) is 2.80. The predicted molar refractivity (Wildman–Crippen MR) is 60.2 cm³/mol. The minimum absolute atomic E-state index is 0.308. The zero-order valence-corrected chi connectivity index (χ0v) is 9.13. The highest BCUT2D eigenvalue weighted by atomic mass is 35.5. The number of aryl methyl sites for hydroxylation is 1. The SMILES string of the molecule is C=C(Cl)COc1ccc2c(c1)CC[C@H]2O. The van der Waals surface area contributed by atoms with Gasteiger partial charge in [-0.05, 0) is 36.1 Å². The largest absolute Gasteiger partial charge is 0.488 e. The molecule has 1 aromatic rings. The van der Waals surface area contributed by atoms with Crippen LogP contribution in [0.5, 0.6) is 5.75 Å². The third-order valence-corrected chi connectivity index (χ3v) is 2.67. The number of hydrogen-bond donors (Lipinski definition) is 1. The summed E-state index contributed by atoms with van der Waals surface area (Å²) in [5.74, 6) is 0.782. The van der Waals surface area contributed by atoms with Crippen molar-refractivity contribution >= 4 is 11.6 Å². The number of fused-ring (bicyclic) bond motifs is 1. The lowest BCUT2D eigenvalue weighted by Crippen LogP contribution is -1.97. The quantitative estimate of drug-likeness (QED) is 0.856. The molecule has 0 fully saturated rings. The molecule has 0 heterocycles. The minimum atomic E-state index is -0.308. The molecule has 2 rings (SSSR count). The molecule has 0 amide bonds. The molecule has 1 atom stereocenters. The lowest BCUT2D eigenvalue weighted by Gasteiger charge is -2.08. The number of halogens is 1. The second-order valence-corrected chi connectivity index (χ2v) is 4.26. The first-order valence-electron chi connectivity index (χ1n) is 4.94. The van der Waals surface area contributed by atoms with Gasteiger partial charge in [0, 0.05) is 5.03 Å². The Morgan fingerprint density at radius 3 is 3.13 bits per heavy atom. The zero-order chi connectivity index (χ0) is 10.8. The lowest BCUT2D eigenvalue weighted by atomic mass is 10.1. The zero-order valence-electron chi connectivity index (χ0n) is 8.37. The third-order valence-electron chi connectivity index (χ3n) is 2.56. The summed E-state index contributed by atoms with van der Waals surface area (Å²) in [6.45, 7) is 3.88. The Bertz CT molecular complexity index is 387. The fraction of sp³-hybridized carbons (Fsp3) is 0.333. The highest BCUT2D eigenvalue weighted by molar-refractivity contribution is 6.29. The fourth-order valence-corrected chi connectivity index (χ4v) is 1.88. The summed E-state index contributed by atoms with van der Waals surface area (Å²) in [6.07, 6.45) is 1.41. The van der Waals surface area contributed by atoms with Gasteiger partial charge in [-0.25, -0.2) is 0 Å². The molecule has 0 bridgehead atoms. The van der Waals surface area contributed by atoms with Crippen molar-refractivity contribution in [3.63, 3.8) is 0 Å². The standard InChI is InChI=1S/C12H13ClO2/c1-8(13)7-15-10-3-4-11-9(6-10)2-5-12(11)14/h3-4,6,12,14H,1-2,5,7H2/t12-/m1/s1. The van der Waals surface area contributed by atoms with E-state index in [0.717, 1.165) is 24.2 Å². The van der Waals surface area contributed by atoms with Crippen LogP contribution < -0.4 is 4.74 Å². The molecule has 0 aliphatic heterocycles. The number of aliphatic hydroxyl groups excluding tert-OH is 1. The van der Waals surface area contributed by atoms with Crippen molar-refractivity contribution in [1.82, 2.24) is 0 Å². The Kier molecular flexibility index (Phi) is 2.98. The number of benzene rings is 1. The molecular weight excluding hydrogens is 212 g/mol. The van der Waals surface area contributed by atoms with Crippen LogP contribution >= 0.6 is 11.6 Å². The summed E-state index contributed by atoms with van der Waals surface area (Å²) in [4.78, 5) is 0. The van der Waals surface area contributed by atoms with E-state index in [0.29, 0.717) is 11.6 Å². The molecule has 2 nitrogen and oxygen atoms in total. The molecule has 1 aliphatic rings. The number of aliphatic hydroxyl groups is 1. The molecule has 0 unspecified atom stereocenters. The van der Waals surface area contributed by atoms with Crippen molar-refractivity contribution in [1.29, 1.82) is 0 Å². The summed E-state index contributed by atoms with van der Waals surface area (Å²) in [6, 6.07) is 5.73. The normalized spacial score (nSPS) is 18.7. The summed E-state index contributed by atoms with van der Waals surface area (Å²) >= 11 is 5.61. The van der Waals surface area contributed by atoms with Gasteiger partial charge >= 0.3 is 0 Å². The molecule has 1 aromatic carbocycles. The Morgan fingerprint density at radius 1 is 1.60 bits per heavy atom. The maximum atomic E-state index is 9.61. The number of hydrogen-bond acceptors (Lipinski definition) is 2. The summed E-state index contributed by atoms with van der Waals surface area (Å²) in [5, 5.41) is 10.1. The monoisotopic (exact) mass is 224 g/mol. The molecule has 0 spiro atoms. The molecule has 3 heteroatoms. The molecule has 0 aromatic heterocycles. The van der Waals surface area contributed by atoms with E-state index in [-0.39, 0.29) is 6.10 Å². The average Bonchev–Trinajstić information content (AvgIpc) is 2.57. The van der Waals surface area contributed by atoms with Gasteiger partial charge in [0.2, 0.25) is 0 Å². The van der Waals surface area contributed by atoms with Crippen LogP contribution in [0.2, 0.25) is 0 Å². The van der Waals surface area contributed by atoms with E-state index >= 15 is 0 Å². The van der Waals surface area contributed by atoms with E-state index in [1.54, 1.807) is 0 Å². The van der Waals surface area contributed by atoms with Gasteiger partial charge in [0.15, 0.2) is 0 Å². The van der Waals surface area contributed by atoms with Crippen LogP contribution in [0.4, 0.5) is 0 Å². The maximum absolute atomic E-state index is 9.61. The Labute approximate surface area is 94.1 Å². The second kappa shape index (κ2) is 4.25. The van der Waals surface area contributed by atoms with Crippen LogP contribution in [0, 0.1) is 0 Å². The number of ether oxygens (including phenoxy) is 1. The maximum Gasteiger partial charge on any atom is 0.123 e. The van der Waals surface area contributed by atoms with Crippen molar-refractivity contribution in [2.24, 2.45) is 0 Å². The topological polar surface area (TPSA) is 29.5 Å². The van der Waals surface area contributed by atoms with Crippen LogP contribution in [0.1, 0.15) is 23.7 Å². The summed E-state index contributed by atoms with van der Waals surface area (Å²) < 4.78 is 5.41. The average molecular weight is 225 g/mol. The van der Waals surface area contributed by atoms with E-state index in [1.807, 2.05) is 18.2 Å². The van der Waals surface area contributed by atoms with E-state index in [4.69, 9.17) is 16.3 Å². The minimum Gasteiger partial charge on any atom is -0.488 e. The molecule has 0 saturated carbocycles. The fourth-order valence-electron chi connectivity index (χ4n) is 1.82. The highest BCUT2D eigenvalue weighted by Crippen LogP contribution is 2.33. The van der Waals surface area contributed by atoms with E-state index in [1.165, 1.54) is 5.56 Å². The molecule has 1 N–H and O–H groups in total. The van der Waals surface area contributed by atoms with Gasteiger partial charge in [0.1, 0.15) is 12.4 Å². The van der Waals surface area contributed by atoms with Crippen LogP contribution in [0.15, 0.2) is 29.8 Å². The Hall–Kier alpha value is -0.990. The first-order chi connectivity index (χ1) is 7.16. The van der Waals surface area contributed by atoms with Crippen LogP contribution in [-0.4, -0.2) is 11.7 Å². The Balaban J connectivity index is 2.12. The van der Waals surface area contributed by atoms with E-state index in [9.17, 15) is 5.11 Å². The molecule has 0 radical (unpaired) electrons. The summed E-state index contributed by atoms with van der Waals surface area (Å²) in [5.41, 5.74) is 2.19. The van der Waals surface area contributed by atoms with E-state index in [2.05, 4.69) is 6.58 Å². The van der Waals surface area contributed by atoms with Crippen LogP contribution in [0.25, 0.3) is 0 Å². The second-order valence-electron chi connectivity index (χ2n) is 3.72. The smallest absolute Gasteiger partial charge is 0.123 e. The van der Waals surface area contributed by atoms with Gasteiger partial charge in [-0.3, -0.25) is 0 Å². The molecular formula is C12H13ClO2. The van der Waals surface area contributed by atoms with Crippen LogP contribution in [-0.2, 0) is 6.42 Å². The van der Waals surface area contributed by atoms with Crippen LogP contribution in [0.3, 0.4) is 0 Å². The summed E-state index contributed by atoms with van der Waals surface area (Å²) in [7, 11) is 0. The molecule has 80 valence electrons. The van der Waals surface area contributed by atoms with Gasteiger partial charge in [0.05, 0.1) is 6.10 Å².